The average molecular weight is 316 g/mol. The van der Waals surface area contributed by atoms with Crippen molar-refractivity contribution in [3.8, 4) is 0 Å². The van der Waals surface area contributed by atoms with Gasteiger partial charge in [0, 0.05) is 42.3 Å². The smallest absolute Gasteiger partial charge is 0.272 e. The van der Waals surface area contributed by atoms with Crippen molar-refractivity contribution in [1.29, 1.82) is 0 Å². The number of anilines is 1. The van der Waals surface area contributed by atoms with Crippen LogP contribution < -0.4 is 10.7 Å². The van der Waals surface area contributed by atoms with Gasteiger partial charge in [-0.1, -0.05) is 19.3 Å². The van der Waals surface area contributed by atoms with Gasteiger partial charge in [-0.3, -0.25) is 14.9 Å². The van der Waals surface area contributed by atoms with Crippen LogP contribution in [0.25, 0.3) is 0 Å². The van der Waals surface area contributed by atoms with Crippen LogP contribution in [0.15, 0.2) is 23.3 Å². The topological polar surface area (TPSA) is 96.6 Å². The number of carbonyl (C=O) groups is 1. The first-order valence-corrected chi connectivity index (χ1v) is 7.89. The first-order valence-electron chi connectivity index (χ1n) is 7.89. The van der Waals surface area contributed by atoms with Crippen molar-refractivity contribution in [2.75, 3.05) is 12.4 Å². The maximum absolute atomic E-state index is 11.9. The SMILES string of the molecule is CNc1cc(C2=NNC(=O)CC23CCCCC3)cc([N+](=O)[O-])c1. The average Bonchev–Trinajstić information content (AvgIpc) is 2.55. The molecule has 2 aliphatic rings. The molecule has 1 aromatic carbocycles. The molecule has 1 aliphatic carbocycles. The van der Waals surface area contributed by atoms with Crippen molar-refractivity contribution in [3.05, 3.63) is 33.9 Å². The van der Waals surface area contributed by atoms with E-state index in [4.69, 9.17) is 0 Å². The number of amides is 1. The van der Waals surface area contributed by atoms with Crippen LogP contribution in [0.2, 0.25) is 0 Å². The molecule has 1 spiro atoms. The van der Waals surface area contributed by atoms with Crippen molar-refractivity contribution in [3.63, 3.8) is 0 Å². The molecule has 3 rings (SSSR count). The second kappa shape index (κ2) is 5.98. The fraction of sp³-hybridized carbons (Fsp3) is 0.500. The van der Waals surface area contributed by atoms with Crippen molar-refractivity contribution < 1.29 is 9.72 Å². The number of hydrogen-bond donors (Lipinski definition) is 2. The first kappa shape index (κ1) is 15.5. The molecular formula is C16H20N4O3. The highest BCUT2D eigenvalue weighted by Gasteiger charge is 2.42. The molecule has 122 valence electrons. The normalized spacial score (nSPS) is 19.9. The van der Waals surface area contributed by atoms with E-state index in [2.05, 4.69) is 15.8 Å². The highest BCUT2D eigenvalue weighted by atomic mass is 16.6. The highest BCUT2D eigenvalue weighted by molar-refractivity contribution is 6.09. The fourth-order valence-corrected chi connectivity index (χ4v) is 3.68. The molecule has 2 N–H and O–H groups in total. The van der Waals surface area contributed by atoms with Gasteiger partial charge in [-0.25, -0.2) is 5.43 Å². The molecule has 1 aromatic rings. The number of non-ortho nitro benzene ring substituents is 1. The van der Waals surface area contributed by atoms with E-state index in [0.29, 0.717) is 17.7 Å². The zero-order valence-electron chi connectivity index (χ0n) is 13.1. The quantitative estimate of drug-likeness (QED) is 0.662. The Kier molecular flexibility index (Phi) is 4.02. The third-order valence-corrected chi connectivity index (χ3v) is 4.80. The Balaban J connectivity index is 2.09. The molecular weight excluding hydrogens is 296 g/mol. The summed E-state index contributed by atoms with van der Waals surface area (Å²) in [6.45, 7) is 0. The van der Waals surface area contributed by atoms with E-state index in [-0.39, 0.29) is 17.0 Å². The second-order valence-corrected chi connectivity index (χ2v) is 6.29. The van der Waals surface area contributed by atoms with Gasteiger partial charge in [0.05, 0.1) is 10.6 Å². The van der Waals surface area contributed by atoms with Gasteiger partial charge < -0.3 is 5.32 Å². The molecule has 1 amide bonds. The van der Waals surface area contributed by atoms with E-state index in [1.807, 2.05) is 6.07 Å². The third kappa shape index (κ3) is 2.91. The van der Waals surface area contributed by atoms with E-state index >= 15 is 0 Å². The minimum atomic E-state index is -0.403. The lowest BCUT2D eigenvalue weighted by molar-refractivity contribution is -0.384. The standard InChI is InChI=1S/C16H20N4O3/c1-17-12-7-11(8-13(9-12)20(22)23)15-16(5-3-2-4-6-16)10-14(21)18-19-15/h7-9,17H,2-6,10H2,1H3,(H,18,21). The molecule has 0 radical (unpaired) electrons. The predicted octanol–water partition coefficient (Wildman–Crippen LogP) is 2.81. The Bertz CT molecular complexity index is 678. The summed E-state index contributed by atoms with van der Waals surface area (Å²) in [5.41, 5.74) is 4.44. The highest BCUT2D eigenvalue weighted by Crippen LogP contribution is 2.44. The van der Waals surface area contributed by atoms with E-state index in [1.165, 1.54) is 6.07 Å². The Labute approximate surface area is 134 Å². The van der Waals surface area contributed by atoms with Crippen molar-refractivity contribution in [2.45, 2.75) is 38.5 Å². The second-order valence-electron chi connectivity index (χ2n) is 6.29. The van der Waals surface area contributed by atoms with E-state index in [1.54, 1.807) is 13.1 Å². The van der Waals surface area contributed by atoms with Crippen LogP contribution in [0.3, 0.4) is 0 Å². The Hall–Kier alpha value is -2.44. The molecule has 1 aliphatic heterocycles. The molecule has 0 unspecified atom stereocenters. The Morgan fingerprint density at radius 1 is 1.26 bits per heavy atom. The van der Waals surface area contributed by atoms with Crippen LogP contribution in [0.4, 0.5) is 11.4 Å². The predicted molar refractivity (Wildman–Crippen MR) is 87.5 cm³/mol. The van der Waals surface area contributed by atoms with Crippen LogP contribution in [0.1, 0.15) is 44.1 Å². The van der Waals surface area contributed by atoms with Gasteiger partial charge in [0.1, 0.15) is 0 Å². The maximum atomic E-state index is 11.9. The molecule has 7 nitrogen and oxygen atoms in total. The lowest BCUT2D eigenvalue weighted by Crippen LogP contribution is -2.44. The number of nitro groups is 1. The minimum Gasteiger partial charge on any atom is -0.388 e. The summed E-state index contributed by atoms with van der Waals surface area (Å²) in [7, 11) is 1.73. The summed E-state index contributed by atoms with van der Waals surface area (Å²) in [5.74, 6) is -0.0741. The van der Waals surface area contributed by atoms with Crippen LogP contribution in [-0.2, 0) is 4.79 Å². The zero-order valence-corrected chi connectivity index (χ0v) is 13.1. The monoisotopic (exact) mass is 316 g/mol. The Morgan fingerprint density at radius 2 is 2.00 bits per heavy atom. The molecule has 0 atom stereocenters. The molecule has 23 heavy (non-hydrogen) atoms. The van der Waals surface area contributed by atoms with Gasteiger partial charge in [-0.05, 0) is 18.9 Å². The van der Waals surface area contributed by atoms with Crippen LogP contribution in [0, 0.1) is 15.5 Å². The number of hydrazone groups is 1. The molecule has 0 aromatic heterocycles. The van der Waals surface area contributed by atoms with E-state index in [9.17, 15) is 14.9 Å². The van der Waals surface area contributed by atoms with Crippen LogP contribution in [0.5, 0.6) is 0 Å². The van der Waals surface area contributed by atoms with E-state index < -0.39 is 4.92 Å². The number of carbonyl (C=O) groups excluding carboxylic acids is 1. The van der Waals surface area contributed by atoms with Gasteiger partial charge in [-0.15, -0.1) is 0 Å². The maximum Gasteiger partial charge on any atom is 0.272 e. The molecule has 1 fully saturated rings. The summed E-state index contributed by atoms with van der Waals surface area (Å²) in [4.78, 5) is 22.7. The van der Waals surface area contributed by atoms with Crippen molar-refractivity contribution in [1.82, 2.24) is 5.43 Å². The number of rotatable bonds is 3. The largest absolute Gasteiger partial charge is 0.388 e. The molecule has 1 heterocycles. The molecule has 1 saturated carbocycles. The summed E-state index contributed by atoms with van der Waals surface area (Å²) in [6, 6.07) is 4.91. The third-order valence-electron chi connectivity index (χ3n) is 4.80. The molecule has 0 saturated heterocycles. The van der Waals surface area contributed by atoms with Crippen molar-refractivity contribution in [2.24, 2.45) is 10.5 Å². The number of hydrogen-bond acceptors (Lipinski definition) is 5. The lowest BCUT2D eigenvalue weighted by Gasteiger charge is -2.40. The van der Waals surface area contributed by atoms with Gasteiger partial charge in [0.15, 0.2) is 0 Å². The minimum absolute atomic E-state index is 0.0254. The van der Waals surface area contributed by atoms with Gasteiger partial charge >= 0.3 is 0 Å². The fourth-order valence-electron chi connectivity index (χ4n) is 3.68. The summed E-state index contributed by atoms with van der Waals surface area (Å²) in [5, 5.41) is 18.4. The molecule has 7 heteroatoms. The first-order chi connectivity index (χ1) is 11.0. The van der Waals surface area contributed by atoms with Crippen LogP contribution >= 0.6 is 0 Å². The number of nitrogens with one attached hydrogen (secondary N) is 2. The van der Waals surface area contributed by atoms with E-state index in [0.717, 1.165) is 37.8 Å². The lowest BCUT2D eigenvalue weighted by atomic mass is 9.66. The number of benzene rings is 1. The Morgan fingerprint density at radius 3 is 2.65 bits per heavy atom. The van der Waals surface area contributed by atoms with Gasteiger partial charge in [-0.2, -0.15) is 5.10 Å². The van der Waals surface area contributed by atoms with Crippen LogP contribution in [-0.4, -0.2) is 23.6 Å². The summed E-state index contributed by atoms with van der Waals surface area (Å²) < 4.78 is 0. The zero-order chi connectivity index (χ0) is 16.4. The van der Waals surface area contributed by atoms with Gasteiger partial charge in [0.25, 0.3) is 5.69 Å². The van der Waals surface area contributed by atoms with Gasteiger partial charge in [0.2, 0.25) is 5.91 Å². The summed E-state index contributed by atoms with van der Waals surface area (Å²) >= 11 is 0. The number of nitro benzene ring substituents is 1. The van der Waals surface area contributed by atoms with Crippen molar-refractivity contribution >= 4 is 23.0 Å². The number of nitrogens with zero attached hydrogens (tertiary/aromatic N) is 2. The summed E-state index contributed by atoms with van der Waals surface area (Å²) in [6.07, 6.45) is 5.48. The molecule has 0 bridgehead atoms.